The normalized spacial score (nSPS) is 14.2. The summed E-state index contributed by atoms with van der Waals surface area (Å²) in [6.07, 6.45) is 2.11. The quantitative estimate of drug-likeness (QED) is 0.659. The fourth-order valence-corrected chi connectivity index (χ4v) is 3.50. The van der Waals surface area contributed by atoms with Crippen molar-refractivity contribution in [3.05, 3.63) is 75.9 Å². The van der Waals surface area contributed by atoms with Crippen LogP contribution in [0, 0.1) is 0 Å². The lowest BCUT2D eigenvalue weighted by Gasteiger charge is -2.30. The molecule has 124 valence electrons. The summed E-state index contributed by atoms with van der Waals surface area (Å²) in [4.78, 5) is 3.52. The van der Waals surface area contributed by atoms with Crippen molar-refractivity contribution in [3.8, 4) is 0 Å². The van der Waals surface area contributed by atoms with Crippen LogP contribution in [0.4, 0.5) is 0 Å². The Morgan fingerprint density at radius 2 is 1.67 bits per heavy atom. The highest BCUT2D eigenvalue weighted by molar-refractivity contribution is 9.10. The van der Waals surface area contributed by atoms with E-state index in [9.17, 15) is 0 Å². The van der Waals surface area contributed by atoms with E-state index in [1.807, 2.05) is 6.07 Å². The molecular weight excluding hydrogens is 382 g/mol. The lowest BCUT2D eigenvalue weighted by molar-refractivity contribution is 0.0640. The zero-order valence-electron chi connectivity index (χ0n) is 13.7. The SMILES string of the molecule is CSC(=C=C(c1ccc(Br)cc1)N1CCOCC1)c1ccccc1. The molecule has 0 radical (unpaired) electrons. The molecule has 0 amide bonds. The Kier molecular flexibility index (Phi) is 6.22. The smallest absolute Gasteiger partial charge is 0.0886 e. The Balaban J connectivity index is 2.11. The summed E-state index contributed by atoms with van der Waals surface area (Å²) in [7, 11) is 0. The van der Waals surface area contributed by atoms with Crippen molar-refractivity contribution in [2.24, 2.45) is 0 Å². The lowest BCUT2D eigenvalue weighted by atomic mass is 10.1. The molecule has 2 nitrogen and oxygen atoms in total. The van der Waals surface area contributed by atoms with Gasteiger partial charge in [0.1, 0.15) is 0 Å². The number of hydrogen-bond acceptors (Lipinski definition) is 3. The Labute approximate surface area is 156 Å². The predicted molar refractivity (Wildman–Crippen MR) is 107 cm³/mol. The van der Waals surface area contributed by atoms with Crippen LogP contribution in [0.3, 0.4) is 0 Å². The van der Waals surface area contributed by atoms with Gasteiger partial charge in [-0.3, -0.25) is 0 Å². The lowest BCUT2D eigenvalue weighted by Crippen LogP contribution is -2.34. The standard InChI is InChI=1S/C20H20BrNOS/c1-24-20(17-5-3-2-4-6-17)15-19(22-11-13-23-14-12-22)16-7-9-18(21)10-8-16/h2-10H,11-14H2,1H3. The van der Waals surface area contributed by atoms with Gasteiger partial charge < -0.3 is 9.64 Å². The van der Waals surface area contributed by atoms with Gasteiger partial charge in [-0.1, -0.05) is 64.1 Å². The van der Waals surface area contributed by atoms with Crippen LogP contribution in [0.15, 0.2) is 64.8 Å². The van der Waals surface area contributed by atoms with Crippen LogP contribution in [-0.2, 0) is 4.74 Å². The average molecular weight is 402 g/mol. The monoisotopic (exact) mass is 401 g/mol. The minimum Gasteiger partial charge on any atom is -0.378 e. The summed E-state index contributed by atoms with van der Waals surface area (Å²) >= 11 is 5.25. The van der Waals surface area contributed by atoms with Gasteiger partial charge in [-0.2, -0.15) is 0 Å². The topological polar surface area (TPSA) is 12.5 Å². The Hall–Kier alpha value is -1.45. The van der Waals surface area contributed by atoms with Crippen LogP contribution >= 0.6 is 27.7 Å². The number of morpholine rings is 1. The highest BCUT2D eigenvalue weighted by Crippen LogP contribution is 2.28. The minimum absolute atomic E-state index is 0.766. The number of hydrogen-bond donors (Lipinski definition) is 0. The first kappa shape index (κ1) is 17.4. The fourth-order valence-electron chi connectivity index (χ4n) is 2.67. The number of ether oxygens (including phenoxy) is 1. The van der Waals surface area contributed by atoms with Crippen molar-refractivity contribution in [1.82, 2.24) is 4.90 Å². The summed E-state index contributed by atoms with van der Waals surface area (Å²) in [5.74, 6) is 0. The van der Waals surface area contributed by atoms with Crippen LogP contribution in [0.5, 0.6) is 0 Å². The van der Waals surface area contributed by atoms with Gasteiger partial charge in [-0.05, 0) is 24.0 Å². The van der Waals surface area contributed by atoms with Gasteiger partial charge in [-0.25, -0.2) is 0 Å². The van der Waals surface area contributed by atoms with Gasteiger partial charge in [0.15, 0.2) is 0 Å². The molecule has 1 saturated heterocycles. The maximum Gasteiger partial charge on any atom is 0.0886 e. The van der Waals surface area contributed by atoms with Crippen LogP contribution in [-0.4, -0.2) is 37.5 Å². The minimum atomic E-state index is 0.766. The maximum absolute atomic E-state index is 5.52. The third kappa shape index (κ3) is 4.34. The van der Waals surface area contributed by atoms with Gasteiger partial charge in [0, 0.05) is 23.1 Å². The van der Waals surface area contributed by atoms with Gasteiger partial charge >= 0.3 is 0 Å². The van der Waals surface area contributed by atoms with Crippen LogP contribution < -0.4 is 0 Å². The van der Waals surface area contributed by atoms with E-state index in [1.54, 1.807) is 11.8 Å². The molecule has 0 spiro atoms. The molecule has 0 saturated carbocycles. The second kappa shape index (κ2) is 8.59. The summed E-state index contributed by atoms with van der Waals surface area (Å²) in [6.45, 7) is 3.33. The Morgan fingerprint density at radius 3 is 2.29 bits per heavy atom. The summed E-state index contributed by atoms with van der Waals surface area (Å²) in [5, 5.41) is 0. The largest absolute Gasteiger partial charge is 0.378 e. The Morgan fingerprint density at radius 1 is 1.00 bits per heavy atom. The molecule has 1 fully saturated rings. The van der Waals surface area contributed by atoms with Gasteiger partial charge in [0.2, 0.25) is 0 Å². The molecular formula is C20H20BrNOS. The van der Waals surface area contributed by atoms with Crippen molar-refractivity contribution in [3.63, 3.8) is 0 Å². The first-order valence-corrected chi connectivity index (χ1v) is 9.98. The van der Waals surface area contributed by atoms with Crippen LogP contribution in [0.2, 0.25) is 0 Å². The molecule has 2 aromatic carbocycles. The Bertz CT molecular complexity index is 730. The van der Waals surface area contributed by atoms with Crippen LogP contribution in [0.25, 0.3) is 10.6 Å². The van der Waals surface area contributed by atoms with E-state index < -0.39 is 0 Å². The van der Waals surface area contributed by atoms with E-state index >= 15 is 0 Å². The molecule has 0 bridgehead atoms. The van der Waals surface area contributed by atoms with Gasteiger partial charge in [0.25, 0.3) is 0 Å². The molecule has 3 rings (SSSR count). The first-order valence-electron chi connectivity index (χ1n) is 7.97. The number of benzene rings is 2. The van der Waals surface area contributed by atoms with E-state index in [0.29, 0.717) is 0 Å². The summed E-state index contributed by atoms with van der Waals surface area (Å²) in [6, 6.07) is 18.9. The van der Waals surface area contributed by atoms with E-state index in [-0.39, 0.29) is 0 Å². The second-order valence-electron chi connectivity index (χ2n) is 5.48. The summed E-state index contributed by atoms with van der Waals surface area (Å²) < 4.78 is 6.61. The zero-order valence-corrected chi connectivity index (χ0v) is 16.1. The highest BCUT2D eigenvalue weighted by atomic mass is 79.9. The number of nitrogens with zero attached hydrogens (tertiary/aromatic N) is 1. The van der Waals surface area contributed by atoms with Gasteiger partial charge in [-0.15, -0.1) is 11.8 Å². The molecule has 0 aliphatic carbocycles. The van der Waals surface area contributed by atoms with Crippen molar-refractivity contribution in [2.75, 3.05) is 32.6 Å². The molecule has 0 N–H and O–H groups in total. The molecule has 24 heavy (non-hydrogen) atoms. The number of halogens is 1. The molecule has 4 heteroatoms. The third-order valence-corrected chi connectivity index (χ3v) is 5.19. The van der Waals surface area contributed by atoms with E-state index in [4.69, 9.17) is 4.74 Å². The second-order valence-corrected chi connectivity index (χ2v) is 7.21. The van der Waals surface area contributed by atoms with Crippen molar-refractivity contribution < 1.29 is 4.74 Å². The summed E-state index contributed by atoms with van der Waals surface area (Å²) in [5.41, 5.74) is 7.20. The van der Waals surface area contributed by atoms with Crippen molar-refractivity contribution in [1.29, 1.82) is 0 Å². The number of thioether (sulfide) groups is 1. The molecule has 1 aliphatic rings. The van der Waals surface area contributed by atoms with Gasteiger partial charge in [0.05, 0.1) is 23.8 Å². The van der Waals surface area contributed by atoms with E-state index in [2.05, 4.69) is 81.3 Å². The predicted octanol–water partition coefficient (Wildman–Crippen LogP) is 5.13. The molecule has 0 atom stereocenters. The molecule has 1 aliphatic heterocycles. The molecule has 0 aromatic heterocycles. The maximum atomic E-state index is 5.52. The molecule has 1 heterocycles. The van der Waals surface area contributed by atoms with E-state index in [1.165, 1.54) is 11.1 Å². The van der Waals surface area contributed by atoms with Crippen LogP contribution in [0.1, 0.15) is 11.1 Å². The average Bonchev–Trinajstić information content (AvgIpc) is 2.65. The van der Waals surface area contributed by atoms with E-state index in [0.717, 1.165) is 41.4 Å². The van der Waals surface area contributed by atoms with Crippen molar-refractivity contribution >= 4 is 38.3 Å². The van der Waals surface area contributed by atoms with Crippen molar-refractivity contribution in [2.45, 2.75) is 0 Å². The highest BCUT2D eigenvalue weighted by Gasteiger charge is 2.16. The third-order valence-electron chi connectivity index (χ3n) is 3.92. The molecule has 2 aromatic rings. The fraction of sp³-hybridized carbons (Fsp3) is 0.250. The first-order chi connectivity index (χ1) is 11.8. The zero-order chi connectivity index (χ0) is 16.8. The molecule has 0 unspecified atom stereocenters. The number of rotatable bonds is 4.